The third-order valence-corrected chi connectivity index (χ3v) is 8.08. The molecule has 0 spiro atoms. The van der Waals surface area contributed by atoms with Crippen molar-refractivity contribution in [1.29, 1.82) is 0 Å². The van der Waals surface area contributed by atoms with Crippen LogP contribution in [0.1, 0.15) is 24.1 Å². The van der Waals surface area contributed by atoms with Crippen LogP contribution >= 0.6 is 0 Å². The first kappa shape index (κ1) is 17.2. The monoisotopic (exact) mass is 364 g/mol. The first-order valence-corrected chi connectivity index (χ1v) is 11.2. The zero-order valence-corrected chi connectivity index (χ0v) is 16.0. The molecule has 25 heavy (non-hydrogen) atoms. The zero-order chi connectivity index (χ0) is 17.6. The van der Waals surface area contributed by atoms with E-state index in [1.54, 1.807) is 6.33 Å². The summed E-state index contributed by atoms with van der Waals surface area (Å²) in [4.78, 5) is 13.8. The summed E-state index contributed by atoms with van der Waals surface area (Å²) in [5.41, 5.74) is 2.26. The second-order valence-corrected chi connectivity index (χ2v) is 10.5. The van der Waals surface area contributed by atoms with E-state index in [0.717, 1.165) is 57.1 Å². The lowest BCUT2D eigenvalue weighted by Crippen LogP contribution is -2.35. The van der Waals surface area contributed by atoms with Crippen LogP contribution in [-0.4, -0.2) is 67.5 Å². The minimum Gasteiger partial charge on any atom is -0.356 e. The van der Waals surface area contributed by atoms with Crippen LogP contribution in [0.2, 0.25) is 0 Å². The van der Waals surface area contributed by atoms with Crippen molar-refractivity contribution in [3.8, 4) is 0 Å². The molecular formula is C18H28N4O2S. The minimum absolute atomic E-state index is 0.387. The first-order chi connectivity index (χ1) is 11.9. The van der Waals surface area contributed by atoms with Crippen LogP contribution in [0.5, 0.6) is 0 Å². The van der Waals surface area contributed by atoms with E-state index in [1.165, 1.54) is 5.56 Å². The summed E-state index contributed by atoms with van der Waals surface area (Å²) in [5.74, 6) is 3.86. The maximum absolute atomic E-state index is 11.6. The third kappa shape index (κ3) is 3.53. The SMILES string of the molecule is Cc1ncnc(N2CC3CN(CC4CCS(=O)(=O)CC4)CC3C2)c1C. The lowest BCUT2D eigenvalue weighted by atomic mass is 10.0. The molecule has 6 nitrogen and oxygen atoms in total. The molecule has 4 heterocycles. The van der Waals surface area contributed by atoms with Crippen molar-refractivity contribution in [2.24, 2.45) is 17.8 Å². The second-order valence-electron chi connectivity index (χ2n) is 8.15. The number of fused-ring (bicyclic) bond motifs is 1. The van der Waals surface area contributed by atoms with Gasteiger partial charge in [0.2, 0.25) is 0 Å². The van der Waals surface area contributed by atoms with Gasteiger partial charge in [0.05, 0.1) is 11.5 Å². The summed E-state index contributed by atoms with van der Waals surface area (Å²) in [6.07, 6.45) is 3.37. The molecule has 3 aliphatic rings. The fourth-order valence-corrected chi connectivity index (χ4v) is 6.33. The summed E-state index contributed by atoms with van der Waals surface area (Å²) in [6, 6.07) is 0. The molecule has 1 aromatic rings. The zero-order valence-electron chi connectivity index (χ0n) is 15.2. The van der Waals surface area contributed by atoms with Gasteiger partial charge in [-0.2, -0.15) is 0 Å². The van der Waals surface area contributed by atoms with Crippen molar-refractivity contribution >= 4 is 15.7 Å². The Morgan fingerprint density at radius 2 is 1.68 bits per heavy atom. The molecule has 3 fully saturated rings. The number of rotatable bonds is 3. The van der Waals surface area contributed by atoms with Crippen LogP contribution in [0.3, 0.4) is 0 Å². The van der Waals surface area contributed by atoms with Gasteiger partial charge in [0.15, 0.2) is 0 Å². The van der Waals surface area contributed by atoms with E-state index in [1.807, 2.05) is 6.92 Å². The van der Waals surface area contributed by atoms with E-state index in [9.17, 15) is 8.42 Å². The van der Waals surface area contributed by atoms with Crippen LogP contribution in [0.25, 0.3) is 0 Å². The van der Waals surface area contributed by atoms with E-state index in [4.69, 9.17) is 0 Å². The Kier molecular flexibility index (Phi) is 4.48. The average molecular weight is 365 g/mol. The van der Waals surface area contributed by atoms with E-state index in [0.29, 0.717) is 29.3 Å². The number of sulfone groups is 1. The average Bonchev–Trinajstić information content (AvgIpc) is 3.10. The predicted octanol–water partition coefficient (Wildman–Crippen LogP) is 1.29. The smallest absolute Gasteiger partial charge is 0.150 e. The van der Waals surface area contributed by atoms with Gasteiger partial charge in [0.1, 0.15) is 22.0 Å². The number of aryl methyl sites for hydroxylation is 1. The number of aromatic nitrogens is 2. The van der Waals surface area contributed by atoms with Crippen LogP contribution in [0, 0.1) is 31.6 Å². The quantitative estimate of drug-likeness (QED) is 0.805. The number of nitrogens with zero attached hydrogens (tertiary/aromatic N) is 4. The number of anilines is 1. The van der Waals surface area contributed by atoms with Gasteiger partial charge in [0, 0.05) is 44.0 Å². The van der Waals surface area contributed by atoms with Gasteiger partial charge < -0.3 is 9.80 Å². The highest BCUT2D eigenvalue weighted by Gasteiger charge is 2.41. The van der Waals surface area contributed by atoms with Gasteiger partial charge in [-0.3, -0.25) is 0 Å². The molecule has 7 heteroatoms. The minimum atomic E-state index is -2.75. The van der Waals surface area contributed by atoms with Gasteiger partial charge in [0.25, 0.3) is 0 Å². The number of likely N-dealkylation sites (tertiary alicyclic amines) is 1. The molecule has 0 aromatic carbocycles. The maximum Gasteiger partial charge on any atom is 0.150 e. The molecule has 0 bridgehead atoms. The molecule has 138 valence electrons. The summed E-state index contributed by atoms with van der Waals surface area (Å²) in [7, 11) is -2.75. The fourth-order valence-electron chi connectivity index (χ4n) is 4.74. The van der Waals surface area contributed by atoms with Crippen molar-refractivity contribution in [2.45, 2.75) is 26.7 Å². The van der Waals surface area contributed by atoms with Gasteiger partial charge in [-0.15, -0.1) is 0 Å². The molecule has 0 saturated carbocycles. The van der Waals surface area contributed by atoms with Crippen molar-refractivity contribution in [3.63, 3.8) is 0 Å². The third-order valence-electron chi connectivity index (χ3n) is 6.36. The van der Waals surface area contributed by atoms with Crippen molar-refractivity contribution in [1.82, 2.24) is 14.9 Å². The molecule has 2 unspecified atom stereocenters. The van der Waals surface area contributed by atoms with E-state index in [2.05, 4.69) is 26.7 Å². The topological polar surface area (TPSA) is 66.4 Å². The van der Waals surface area contributed by atoms with Crippen LogP contribution in [0.4, 0.5) is 5.82 Å². The van der Waals surface area contributed by atoms with E-state index >= 15 is 0 Å². The molecule has 1 aromatic heterocycles. The van der Waals surface area contributed by atoms with Crippen molar-refractivity contribution in [2.75, 3.05) is 49.1 Å². The van der Waals surface area contributed by atoms with Crippen LogP contribution in [-0.2, 0) is 9.84 Å². The van der Waals surface area contributed by atoms with Gasteiger partial charge in [-0.05, 0) is 44.4 Å². The normalized spacial score (nSPS) is 29.9. The summed E-state index contributed by atoms with van der Waals surface area (Å²) < 4.78 is 23.2. The van der Waals surface area contributed by atoms with Crippen molar-refractivity contribution in [3.05, 3.63) is 17.6 Å². The van der Waals surface area contributed by atoms with Crippen LogP contribution in [0.15, 0.2) is 6.33 Å². The molecule has 3 aliphatic heterocycles. The molecule has 2 atom stereocenters. The fraction of sp³-hybridized carbons (Fsp3) is 0.778. The second kappa shape index (κ2) is 6.50. The molecule has 0 radical (unpaired) electrons. The Morgan fingerprint density at radius 3 is 2.32 bits per heavy atom. The molecule has 4 rings (SSSR count). The lowest BCUT2D eigenvalue weighted by Gasteiger charge is -2.28. The van der Waals surface area contributed by atoms with Gasteiger partial charge in [-0.1, -0.05) is 0 Å². The Labute approximate surface area is 150 Å². The van der Waals surface area contributed by atoms with E-state index in [-0.39, 0.29) is 0 Å². The summed E-state index contributed by atoms with van der Waals surface area (Å²) >= 11 is 0. The highest BCUT2D eigenvalue weighted by atomic mass is 32.2. The van der Waals surface area contributed by atoms with E-state index < -0.39 is 9.84 Å². The molecule has 0 N–H and O–H groups in total. The highest BCUT2D eigenvalue weighted by molar-refractivity contribution is 7.91. The van der Waals surface area contributed by atoms with Crippen LogP contribution < -0.4 is 4.90 Å². The lowest BCUT2D eigenvalue weighted by molar-refractivity contribution is 0.252. The maximum atomic E-state index is 11.6. The molecule has 0 amide bonds. The molecule has 0 aliphatic carbocycles. The van der Waals surface area contributed by atoms with Crippen molar-refractivity contribution < 1.29 is 8.42 Å². The molecule has 3 saturated heterocycles. The Bertz CT molecular complexity index is 723. The first-order valence-electron chi connectivity index (χ1n) is 9.37. The number of hydrogen-bond donors (Lipinski definition) is 0. The standard InChI is InChI=1S/C18H28N4O2S/c1-13-14(2)19-12-20-18(13)22-10-16-8-21(9-17(16)11-22)7-15-3-5-25(23,24)6-4-15/h12,15-17H,3-11H2,1-2H3. The Balaban J connectivity index is 1.33. The summed E-state index contributed by atoms with van der Waals surface area (Å²) in [6.45, 7) is 9.69. The van der Waals surface area contributed by atoms with Gasteiger partial charge >= 0.3 is 0 Å². The highest BCUT2D eigenvalue weighted by Crippen LogP contribution is 2.35. The predicted molar refractivity (Wildman–Crippen MR) is 98.5 cm³/mol. The Morgan fingerprint density at radius 1 is 1.04 bits per heavy atom. The van der Waals surface area contributed by atoms with Gasteiger partial charge in [-0.25, -0.2) is 18.4 Å². The molecular weight excluding hydrogens is 336 g/mol. The largest absolute Gasteiger partial charge is 0.356 e. The number of hydrogen-bond acceptors (Lipinski definition) is 6. The Hall–Kier alpha value is -1.21. The summed E-state index contributed by atoms with van der Waals surface area (Å²) in [5, 5.41) is 0.